The summed E-state index contributed by atoms with van der Waals surface area (Å²) in [7, 11) is 0. The Bertz CT molecular complexity index is 539. The molecule has 0 aliphatic carbocycles. The van der Waals surface area contributed by atoms with Crippen LogP contribution in [0.25, 0.3) is 0 Å². The van der Waals surface area contributed by atoms with Gasteiger partial charge >= 0.3 is 0 Å². The van der Waals surface area contributed by atoms with Gasteiger partial charge in [-0.1, -0.05) is 17.7 Å². The number of amides is 1. The predicted octanol–water partition coefficient (Wildman–Crippen LogP) is 2.69. The van der Waals surface area contributed by atoms with E-state index >= 15 is 0 Å². The second-order valence-electron chi connectivity index (χ2n) is 6.39. The fraction of sp³-hybridized carbons (Fsp3) is 0.588. The monoisotopic (exact) mass is 341 g/mol. The van der Waals surface area contributed by atoms with Gasteiger partial charge in [0.2, 0.25) is 5.91 Å². The first kappa shape index (κ1) is 18.2. The molecule has 1 amide bonds. The SMILES string of the molecule is CC(N)CCC(=O)NC1CCCN(Cc2ccc(F)cc2Cl)C1. The van der Waals surface area contributed by atoms with Gasteiger partial charge in [0.15, 0.2) is 0 Å². The molecule has 0 bridgehead atoms. The minimum Gasteiger partial charge on any atom is -0.352 e. The summed E-state index contributed by atoms with van der Waals surface area (Å²) >= 11 is 6.09. The van der Waals surface area contributed by atoms with E-state index in [-0.39, 0.29) is 23.8 Å². The number of halogens is 2. The molecule has 2 rings (SSSR count). The topological polar surface area (TPSA) is 58.4 Å². The third kappa shape index (κ3) is 6.09. The molecule has 0 spiro atoms. The second-order valence-corrected chi connectivity index (χ2v) is 6.80. The van der Waals surface area contributed by atoms with Crippen molar-refractivity contribution in [3.63, 3.8) is 0 Å². The molecule has 128 valence electrons. The molecule has 0 aromatic heterocycles. The van der Waals surface area contributed by atoms with Crippen LogP contribution in [0.1, 0.15) is 38.2 Å². The molecule has 1 aliphatic rings. The number of nitrogens with one attached hydrogen (secondary N) is 1. The third-order valence-corrected chi connectivity index (χ3v) is 4.46. The summed E-state index contributed by atoms with van der Waals surface area (Å²) in [5.74, 6) is -0.259. The van der Waals surface area contributed by atoms with Crippen LogP contribution in [-0.2, 0) is 11.3 Å². The first-order valence-electron chi connectivity index (χ1n) is 8.15. The van der Waals surface area contributed by atoms with Crippen molar-refractivity contribution >= 4 is 17.5 Å². The molecule has 1 aliphatic heterocycles. The highest BCUT2D eigenvalue weighted by Crippen LogP contribution is 2.21. The van der Waals surface area contributed by atoms with Gasteiger partial charge in [0, 0.05) is 36.6 Å². The number of hydrogen-bond donors (Lipinski definition) is 2. The Labute approximate surface area is 142 Å². The first-order valence-corrected chi connectivity index (χ1v) is 8.53. The fourth-order valence-corrected chi connectivity index (χ4v) is 3.09. The van der Waals surface area contributed by atoms with Crippen LogP contribution in [0.4, 0.5) is 4.39 Å². The zero-order chi connectivity index (χ0) is 16.8. The number of nitrogens with zero attached hydrogens (tertiary/aromatic N) is 1. The molecule has 6 heteroatoms. The largest absolute Gasteiger partial charge is 0.352 e. The summed E-state index contributed by atoms with van der Waals surface area (Å²) in [6.45, 7) is 4.32. The van der Waals surface area contributed by atoms with Gasteiger partial charge in [0.1, 0.15) is 5.82 Å². The molecule has 1 fully saturated rings. The Kier molecular flexibility index (Phi) is 6.81. The van der Waals surface area contributed by atoms with Crippen molar-refractivity contribution in [3.05, 3.63) is 34.6 Å². The van der Waals surface area contributed by atoms with Crippen LogP contribution in [-0.4, -0.2) is 36.0 Å². The van der Waals surface area contributed by atoms with E-state index in [0.29, 0.717) is 24.4 Å². The highest BCUT2D eigenvalue weighted by atomic mass is 35.5. The summed E-state index contributed by atoms with van der Waals surface area (Å²) in [6.07, 6.45) is 3.18. The maximum atomic E-state index is 13.1. The van der Waals surface area contributed by atoms with E-state index in [0.717, 1.165) is 31.5 Å². The van der Waals surface area contributed by atoms with E-state index in [1.165, 1.54) is 12.1 Å². The molecule has 1 aromatic carbocycles. The van der Waals surface area contributed by atoms with Gasteiger partial charge in [-0.15, -0.1) is 0 Å². The molecule has 1 saturated heterocycles. The lowest BCUT2D eigenvalue weighted by molar-refractivity contribution is -0.122. The molecule has 2 unspecified atom stereocenters. The zero-order valence-electron chi connectivity index (χ0n) is 13.5. The van der Waals surface area contributed by atoms with Crippen LogP contribution < -0.4 is 11.1 Å². The van der Waals surface area contributed by atoms with Crippen LogP contribution in [0.5, 0.6) is 0 Å². The van der Waals surface area contributed by atoms with Crippen LogP contribution in [0.2, 0.25) is 5.02 Å². The summed E-state index contributed by atoms with van der Waals surface area (Å²) in [5, 5.41) is 3.54. The maximum absolute atomic E-state index is 13.1. The highest BCUT2D eigenvalue weighted by Gasteiger charge is 2.22. The lowest BCUT2D eigenvalue weighted by atomic mass is 10.0. The lowest BCUT2D eigenvalue weighted by Gasteiger charge is -2.33. The lowest BCUT2D eigenvalue weighted by Crippen LogP contribution is -2.47. The van der Waals surface area contributed by atoms with Gasteiger partial charge < -0.3 is 11.1 Å². The van der Waals surface area contributed by atoms with Crippen LogP contribution >= 0.6 is 11.6 Å². The first-order chi connectivity index (χ1) is 10.9. The summed E-state index contributed by atoms with van der Waals surface area (Å²) in [4.78, 5) is 14.2. The number of piperidine rings is 1. The minimum absolute atomic E-state index is 0.0456. The van der Waals surface area contributed by atoms with Crippen molar-refractivity contribution < 1.29 is 9.18 Å². The molecule has 3 N–H and O–H groups in total. The van der Waals surface area contributed by atoms with Crippen LogP contribution in [0, 0.1) is 5.82 Å². The predicted molar refractivity (Wildman–Crippen MR) is 90.7 cm³/mol. The van der Waals surface area contributed by atoms with E-state index in [4.69, 9.17) is 17.3 Å². The van der Waals surface area contributed by atoms with Crippen molar-refractivity contribution in [2.24, 2.45) is 5.73 Å². The second kappa shape index (κ2) is 8.62. The molecular weight excluding hydrogens is 317 g/mol. The van der Waals surface area contributed by atoms with Crippen LogP contribution in [0.15, 0.2) is 18.2 Å². The van der Waals surface area contributed by atoms with Gasteiger partial charge in [-0.3, -0.25) is 9.69 Å². The van der Waals surface area contributed by atoms with Gasteiger partial charge in [-0.05, 0) is 50.4 Å². The number of carbonyl (C=O) groups excluding carboxylic acids is 1. The zero-order valence-corrected chi connectivity index (χ0v) is 14.3. The summed E-state index contributed by atoms with van der Waals surface area (Å²) < 4.78 is 13.1. The van der Waals surface area contributed by atoms with Gasteiger partial charge in [-0.2, -0.15) is 0 Å². The van der Waals surface area contributed by atoms with Crippen molar-refractivity contribution in [2.45, 2.75) is 51.2 Å². The van der Waals surface area contributed by atoms with Crippen molar-refractivity contribution in [3.8, 4) is 0 Å². The minimum atomic E-state index is -0.323. The summed E-state index contributed by atoms with van der Waals surface area (Å²) in [6, 6.07) is 4.70. The quantitative estimate of drug-likeness (QED) is 0.836. The molecule has 4 nitrogen and oxygen atoms in total. The van der Waals surface area contributed by atoms with E-state index in [1.54, 1.807) is 6.07 Å². The third-order valence-electron chi connectivity index (χ3n) is 4.11. The highest BCUT2D eigenvalue weighted by molar-refractivity contribution is 6.31. The van der Waals surface area contributed by atoms with E-state index in [1.807, 2.05) is 6.92 Å². The number of carbonyl (C=O) groups is 1. The molecule has 2 atom stereocenters. The number of benzene rings is 1. The normalized spacial score (nSPS) is 20.3. The Morgan fingerprint density at radius 3 is 3.04 bits per heavy atom. The molecular formula is C17H25ClFN3O. The smallest absolute Gasteiger partial charge is 0.220 e. The molecule has 23 heavy (non-hydrogen) atoms. The Morgan fingerprint density at radius 1 is 1.57 bits per heavy atom. The fourth-order valence-electron chi connectivity index (χ4n) is 2.87. The average Bonchev–Trinajstić information content (AvgIpc) is 2.48. The van der Waals surface area contributed by atoms with Gasteiger partial charge in [0.25, 0.3) is 0 Å². The standard InChI is InChI=1S/C17H25ClFN3O/c1-12(20)4-7-17(23)21-15-3-2-8-22(11-15)10-13-5-6-14(19)9-16(13)18/h5-6,9,12,15H,2-4,7-8,10-11,20H2,1H3,(H,21,23). The maximum Gasteiger partial charge on any atom is 0.220 e. The number of likely N-dealkylation sites (tertiary alicyclic amines) is 1. The van der Waals surface area contributed by atoms with Gasteiger partial charge in [-0.25, -0.2) is 4.39 Å². The Balaban J connectivity index is 1.84. The van der Waals surface area contributed by atoms with Crippen molar-refractivity contribution in [2.75, 3.05) is 13.1 Å². The Morgan fingerprint density at radius 2 is 2.35 bits per heavy atom. The molecule has 0 saturated carbocycles. The number of hydrogen-bond acceptors (Lipinski definition) is 3. The summed E-state index contributed by atoms with van der Waals surface area (Å²) in [5.41, 5.74) is 6.59. The van der Waals surface area contributed by atoms with Crippen molar-refractivity contribution in [1.29, 1.82) is 0 Å². The van der Waals surface area contributed by atoms with Crippen molar-refractivity contribution in [1.82, 2.24) is 10.2 Å². The van der Waals surface area contributed by atoms with E-state index < -0.39 is 0 Å². The molecule has 0 radical (unpaired) electrons. The van der Waals surface area contributed by atoms with E-state index in [2.05, 4.69) is 10.2 Å². The van der Waals surface area contributed by atoms with Gasteiger partial charge in [0.05, 0.1) is 0 Å². The Hall–Kier alpha value is -1.17. The number of nitrogens with two attached hydrogens (primary N) is 1. The van der Waals surface area contributed by atoms with E-state index in [9.17, 15) is 9.18 Å². The average molecular weight is 342 g/mol. The number of rotatable bonds is 6. The molecule has 1 aromatic rings. The van der Waals surface area contributed by atoms with Crippen LogP contribution in [0.3, 0.4) is 0 Å². The molecule has 1 heterocycles.